The van der Waals surface area contributed by atoms with Crippen LogP contribution in [0, 0.1) is 0 Å². The van der Waals surface area contributed by atoms with Crippen molar-refractivity contribution in [3.05, 3.63) is 60.2 Å². The predicted octanol–water partition coefficient (Wildman–Crippen LogP) is 4.70. The Morgan fingerprint density at radius 2 is 1.60 bits per heavy atom. The zero-order valence-corrected chi connectivity index (χ0v) is 12.9. The van der Waals surface area contributed by atoms with E-state index in [9.17, 15) is 4.79 Å². The molecule has 0 saturated heterocycles. The second-order valence-corrected chi connectivity index (χ2v) is 5.73. The summed E-state index contributed by atoms with van der Waals surface area (Å²) in [5, 5.41) is 9.13. The van der Waals surface area contributed by atoms with Gasteiger partial charge in [-0.05, 0) is 23.1 Å². The molecule has 1 N–H and O–H groups in total. The van der Waals surface area contributed by atoms with Crippen molar-refractivity contribution in [3.8, 4) is 11.1 Å². The minimum Gasteiger partial charge on any atom is -0.480 e. The lowest BCUT2D eigenvalue weighted by atomic mass is 9.91. The zero-order valence-electron chi connectivity index (χ0n) is 11.3. The molecule has 0 aliphatic carbocycles. The summed E-state index contributed by atoms with van der Waals surface area (Å²) < 4.78 is 0. The fraction of sp³-hybridized carbons (Fsp3) is 0.235. The van der Waals surface area contributed by atoms with E-state index in [2.05, 4.69) is 40.2 Å². The van der Waals surface area contributed by atoms with Gasteiger partial charge in [0.2, 0.25) is 0 Å². The van der Waals surface area contributed by atoms with Crippen molar-refractivity contribution in [3.63, 3.8) is 0 Å². The number of rotatable bonds is 5. The summed E-state index contributed by atoms with van der Waals surface area (Å²) in [4.78, 5) is 10.6. The van der Waals surface area contributed by atoms with Gasteiger partial charge in [-0.1, -0.05) is 77.5 Å². The summed E-state index contributed by atoms with van der Waals surface area (Å²) in [7, 11) is 0. The Bertz CT molecular complexity index is 563. The lowest BCUT2D eigenvalue weighted by Gasteiger charge is -2.18. The Hall–Kier alpha value is -1.61. The van der Waals surface area contributed by atoms with E-state index in [0.717, 1.165) is 17.5 Å². The number of alkyl halides is 1. The first-order valence-electron chi connectivity index (χ1n) is 6.65. The van der Waals surface area contributed by atoms with Crippen LogP contribution < -0.4 is 0 Å². The number of carboxylic acids is 1. The molecule has 0 amide bonds. The van der Waals surface area contributed by atoms with Gasteiger partial charge in [-0.2, -0.15) is 0 Å². The van der Waals surface area contributed by atoms with Crippen molar-refractivity contribution in [1.29, 1.82) is 0 Å². The molecule has 3 heteroatoms. The van der Waals surface area contributed by atoms with Crippen LogP contribution in [0.15, 0.2) is 54.6 Å². The third kappa shape index (κ3) is 3.28. The van der Waals surface area contributed by atoms with Gasteiger partial charge in [-0.3, -0.25) is 4.79 Å². The Labute approximate surface area is 127 Å². The summed E-state index contributed by atoms with van der Waals surface area (Å²) in [5.41, 5.74) is 3.36. The van der Waals surface area contributed by atoms with Crippen LogP contribution in [0.5, 0.6) is 0 Å². The minimum absolute atomic E-state index is 0.0164. The van der Waals surface area contributed by atoms with Gasteiger partial charge < -0.3 is 5.11 Å². The molecule has 0 fully saturated rings. The molecule has 104 valence electrons. The first-order valence-corrected chi connectivity index (χ1v) is 7.57. The smallest absolute Gasteiger partial charge is 0.317 e. The highest BCUT2D eigenvalue weighted by molar-refractivity contribution is 9.10. The highest BCUT2D eigenvalue weighted by Crippen LogP contribution is 2.30. The number of hydrogen-bond acceptors (Lipinski definition) is 1. The Morgan fingerprint density at radius 1 is 1.05 bits per heavy atom. The monoisotopic (exact) mass is 332 g/mol. The SMILES string of the molecule is CCC(c1ccc(-c2ccccc2)cc1)[C@H](Br)C(=O)O. The number of halogens is 1. The van der Waals surface area contributed by atoms with Crippen molar-refractivity contribution < 1.29 is 9.90 Å². The molecule has 2 nitrogen and oxygen atoms in total. The molecular formula is C17H17BrO2. The van der Waals surface area contributed by atoms with Gasteiger partial charge in [-0.25, -0.2) is 0 Å². The summed E-state index contributed by atoms with van der Waals surface area (Å²) >= 11 is 3.27. The molecular weight excluding hydrogens is 316 g/mol. The average Bonchev–Trinajstić information content (AvgIpc) is 2.49. The lowest BCUT2D eigenvalue weighted by molar-refractivity contribution is -0.136. The largest absolute Gasteiger partial charge is 0.480 e. The molecule has 0 radical (unpaired) electrons. The highest BCUT2D eigenvalue weighted by Gasteiger charge is 2.25. The third-order valence-corrected chi connectivity index (χ3v) is 4.50. The Kier molecular flexibility index (Phi) is 4.96. The molecule has 2 aromatic carbocycles. The third-order valence-electron chi connectivity index (χ3n) is 3.47. The van der Waals surface area contributed by atoms with Gasteiger partial charge in [0.1, 0.15) is 4.83 Å². The summed E-state index contributed by atoms with van der Waals surface area (Å²) in [5.74, 6) is -0.832. The van der Waals surface area contributed by atoms with Crippen molar-refractivity contribution >= 4 is 21.9 Å². The van der Waals surface area contributed by atoms with Crippen LogP contribution >= 0.6 is 15.9 Å². The quantitative estimate of drug-likeness (QED) is 0.806. The van der Waals surface area contributed by atoms with Gasteiger partial charge in [0.15, 0.2) is 0 Å². The molecule has 1 unspecified atom stereocenters. The van der Waals surface area contributed by atoms with Crippen LogP contribution in [0.25, 0.3) is 11.1 Å². The summed E-state index contributed by atoms with van der Waals surface area (Å²) in [6.45, 7) is 2.01. The molecule has 20 heavy (non-hydrogen) atoms. The normalized spacial score (nSPS) is 13.7. The number of carboxylic acid groups (broad SMARTS) is 1. The summed E-state index contributed by atoms with van der Waals surface area (Å²) in [6.07, 6.45) is 0.785. The maximum Gasteiger partial charge on any atom is 0.317 e. The predicted molar refractivity (Wildman–Crippen MR) is 85.3 cm³/mol. The molecule has 0 aliphatic rings. The van der Waals surface area contributed by atoms with E-state index < -0.39 is 10.8 Å². The van der Waals surface area contributed by atoms with Crippen LogP contribution in [0.4, 0.5) is 0 Å². The fourth-order valence-corrected chi connectivity index (χ4v) is 3.02. The standard InChI is InChI=1S/C17H17BrO2/c1-2-15(16(18)17(19)20)14-10-8-13(9-11-14)12-6-4-3-5-7-12/h3-11,15-16H,2H2,1H3,(H,19,20)/t15?,16-/m0/s1. The molecule has 0 saturated carbocycles. The van der Waals surface area contributed by atoms with E-state index in [1.54, 1.807) is 0 Å². The lowest BCUT2D eigenvalue weighted by Crippen LogP contribution is -2.21. The van der Waals surface area contributed by atoms with Crippen molar-refractivity contribution in [2.75, 3.05) is 0 Å². The highest BCUT2D eigenvalue weighted by atomic mass is 79.9. The maximum atomic E-state index is 11.1. The van der Waals surface area contributed by atoms with E-state index in [0.29, 0.717) is 0 Å². The van der Waals surface area contributed by atoms with Crippen LogP contribution in [0.3, 0.4) is 0 Å². The molecule has 0 bridgehead atoms. The molecule has 2 atom stereocenters. The molecule has 0 heterocycles. The second-order valence-electron chi connectivity index (χ2n) is 4.74. The van der Waals surface area contributed by atoms with E-state index >= 15 is 0 Å². The minimum atomic E-state index is -0.816. The Morgan fingerprint density at radius 3 is 2.10 bits per heavy atom. The summed E-state index contributed by atoms with van der Waals surface area (Å²) in [6, 6.07) is 18.3. The topological polar surface area (TPSA) is 37.3 Å². The van der Waals surface area contributed by atoms with Crippen LogP contribution in [-0.4, -0.2) is 15.9 Å². The first-order chi connectivity index (χ1) is 9.63. The number of carbonyl (C=O) groups is 1. The van der Waals surface area contributed by atoms with Gasteiger partial charge in [-0.15, -0.1) is 0 Å². The molecule has 0 aromatic heterocycles. The van der Waals surface area contributed by atoms with Crippen molar-refractivity contribution in [2.24, 2.45) is 0 Å². The van der Waals surface area contributed by atoms with E-state index in [4.69, 9.17) is 5.11 Å². The van der Waals surface area contributed by atoms with Crippen LogP contribution in [-0.2, 0) is 4.79 Å². The Balaban J connectivity index is 2.25. The zero-order chi connectivity index (χ0) is 14.5. The number of hydrogen-bond donors (Lipinski definition) is 1. The van der Waals surface area contributed by atoms with Gasteiger partial charge in [0.25, 0.3) is 0 Å². The fourth-order valence-electron chi connectivity index (χ4n) is 2.34. The average molecular weight is 333 g/mol. The van der Waals surface area contributed by atoms with Crippen molar-refractivity contribution in [2.45, 2.75) is 24.1 Å². The number of aliphatic carboxylic acids is 1. The van der Waals surface area contributed by atoms with E-state index in [-0.39, 0.29) is 5.92 Å². The van der Waals surface area contributed by atoms with E-state index in [1.165, 1.54) is 5.56 Å². The first kappa shape index (κ1) is 14.8. The molecule has 0 aliphatic heterocycles. The van der Waals surface area contributed by atoms with Gasteiger partial charge in [0.05, 0.1) is 0 Å². The van der Waals surface area contributed by atoms with Gasteiger partial charge >= 0.3 is 5.97 Å². The second kappa shape index (κ2) is 6.71. The number of benzene rings is 2. The van der Waals surface area contributed by atoms with Crippen LogP contribution in [0.1, 0.15) is 24.8 Å². The van der Waals surface area contributed by atoms with Crippen LogP contribution in [0.2, 0.25) is 0 Å². The maximum absolute atomic E-state index is 11.1. The molecule has 2 aromatic rings. The van der Waals surface area contributed by atoms with Crippen molar-refractivity contribution in [1.82, 2.24) is 0 Å². The van der Waals surface area contributed by atoms with E-state index in [1.807, 2.05) is 37.3 Å². The molecule has 2 rings (SSSR count). The molecule has 0 spiro atoms. The van der Waals surface area contributed by atoms with Gasteiger partial charge in [0, 0.05) is 5.92 Å².